The van der Waals surface area contributed by atoms with Crippen LogP contribution < -0.4 is 5.56 Å². The molecule has 0 radical (unpaired) electrons. The average Bonchev–Trinajstić information content (AvgIpc) is 3.72. The summed E-state index contributed by atoms with van der Waals surface area (Å²) in [5.74, 6) is -0.947. The molecule has 1 aliphatic rings. The molecule has 0 aliphatic heterocycles. The fourth-order valence-electron chi connectivity index (χ4n) is 4.97. The van der Waals surface area contributed by atoms with Crippen LogP contribution in [0.4, 0.5) is 4.39 Å². The molecule has 7 nitrogen and oxygen atoms in total. The Bertz CT molecular complexity index is 1740. The highest BCUT2D eigenvalue weighted by molar-refractivity contribution is 6.31. The number of nitriles is 1. The lowest BCUT2D eigenvalue weighted by Crippen LogP contribution is -2.23. The molecule has 4 aromatic rings. The Kier molecular flexibility index (Phi) is 6.79. The highest BCUT2D eigenvalue weighted by atomic mass is 35.5. The van der Waals surface area contributed by atoms with Crippen molar-refractivity contribution in [1.82, 2.24) is 19.4 Å². The Balaban J connectivity index is 1.55. The van der Waals surface area contributed by atoms with E-state index in [0.29, 0.717) is 28.2 Å². The third kappa shape index (κ3) is 4.70. The molecule has 1 aliphatic carbocycles. The molecule has 2 atom stereocenters. The van der Waals surface area contributed by atoms with Gasteiger partial charge in [0, 0.05) is 43.9 Å². The van der Waals surface area contributed by atoms with Gasteiger partial charge in [-0.15, -0.1) is 0 Å². The number of rotatable bonds is 5. The molecule has 0 spiro atoms. The van der Waals surface area contributed by atoms with E-state index in [1.165, 1.54) is 21.7 Å². The summed E-state index contributed by atoms with van der Waals surface area (Å²) in [6, 6.07) is 12.1. The van der Waals surface area contributed by atoms with Crippen LogP contribution in [0.2, 0.25) is 5.02 Å². The Morgan fingerprint density at radius 1 is 1.15 bits per heavy atom. The van der Waals surface area contributed by atoms with E-state index in [1.807, 2.05) is 26.0 Å². The minimum atomic E-state index is -0.675. The maximum absolute atomic E-state index is 15.4. The monoisotopic (exact) mass is 541 g/mol. The van der Waals surface area contributed by atoms with Crippen LogP contribution in [0.25, 0.3) is 16.9 Å². The highest BCUT2D eigenvalue weighted by Crippen LogP contribution is 2.55. The third-order valence-electron chi connectivity index (χ3n) is 7.09. The molecule has 39 heavy (non-hydrogen) atoms. The smallest absolute Gasteiger partial charge is 0.274 e. The number of benzene rings is 1. The van der Waals surface area contributed by atoms with Crippen LogP contribution in [0.3, 0.4) is 0 Å². The standard InChI is InChI=1S/C30H25ClFN5O2/c1-16-13-35-25(20-6-5-7-21(28(20)32)29(38)36(3)4)11-26(16)37-17(2)8-24(27(31)30(37)39)23-10-22(23)19-9-18(12-33)14-34-15-19/h5-9,11,13-15,22-23H,10H2,1-4H3/t22?,23-/m1/s1. The Hall–Kier alpha value is -4.35. The number of aryl methyl sites for hydroxylation is 2. The second kappa shape index (κ2) is 10.1. The second-order valence-corrected chi connectivity index (χ2v) is 10.4. The first kappa shape index (κ1) is 26.3. The zero-order valence-corrected chi connectivity index (χ0v) is 22.6. The van der Waals surface area contributed by atoms with Gasteiger partial charge in [-0.05, 0) is 79.1 Å². The molecule has 1 aromatic carbocycles. The lowest BCUT2D eigenvalue weighted by molar-refractivity contribution is 0.0823. The molecule has 5 rings (SSSR count). The number of aromatic nitrogens is 3. The van der Waals surface area contributed by atoms with Crippen LogP contribution in [-0.4, -0.2) is 39.4 Å². The molecule has 9 heteroatoms. The lowest BCUT2D eigenvalue weighted by atomic mass is 10.0. The van der Waals surface area contributed by atoms with Gasteiger partial charge in [0.05, 0.1) is 22.5 Å². The summed E-state index contributed by atoms with van der Waals surface area (Å²) in [7, 11) is 3.12. The van der Waals surface area contributed by atoms with Crippen molar-refractivity contribution in [3.63, 3.8) is 0 Å². The van der Waals surface area contributed by atoms with E-state index in [0.717, 1.165) is 17.5 Å². The number of hydrogen-bond donors (Lipinski definition) is 0. The molecule has 0 N–H and O–H groups in total. The van der Waals surface area contributed by atoms with E-state index in [2.05, 4.69) is 16.0 Å². The van der Waals surface area contributed by atoms with Gasteiger partial charge >= 0.3 is 0 Å². The van der Waals surface area contributed by atoms with Gasteiger partial charge in [0.15, 0.2) is 0 Å². The van der Waals surface area contributed by atoms with E-state index in [4.69, 9.17) is 11.6 Å². The Morgan fingerprint density at radius 3 is 2.64 bits per heavy atom. The van der Waals surface area contributed by atoms with Gasteiger partial charge in [0.2, 0.25) is 0 Å². The van der Waals surface area contributed by atoms with Gasteiger partial charge in [0.1, 0.15) is 16.9 Å². The van der Waals surface area contributed by atoms with Crippen molar-refractivity contribution in [2.24, 2.45) is 0 Å². The van der Waals surface area contributed by atoms with E-state index in [-0.39, 0.29) is 33.5 Å². The molecule has 3 aromatic heterocycles. The van der Waals surface area contributed by atoms with Crippen LogP contribution in [0.5, 0.6) is 0 Å². The molecule has 1 saturated carbocycles. The molecule has 1 amide bonds. The first-order valence-corrected chi connectivity index (χ1v) is 12.7. The predicted octanol–water partition coefficient (Wildman–Crippen LogP) is 5.55. The number of nitrogens with zero attached hydrogens (tertiary/aromatic N) is 5. The maximum atomic E-state index is 15.4. The Morgan fingerprint density at radius 2 is 1.92 bits per heavy atom. The largest absolute Gasteiger partial charge is 0.345 e. The number of amides is 1. The molecule has 1 fully saturated rings. The summed E-state index contributed by atoms with van der Waals surface area (Å²) in [4.78, 5) is 35.9. The topological polar surface area (TPSA) is 91.9 Å². The predicted molar refractivity (Wildman–Crippen MR) is 147 cm³/mol. The van der Waals surface area contributed by atoms with E-state index >= 15 is 4.39 Å². The van der Waals surface area contributed by atoms with Crippen LogP contribution in [0, 0.1) is 31.0 Å². The highest BCUT2D eigenvalue weighted by Gasteiger charge is 2.42. The zero-order valence-electron chi connectivity index (χ0n) is 21.9. The van der Waals surface area contributed by atoms with Gasteiger partial charge < -0.3 is 4.90 Å². The van der Waals surface area contributed by atoms with Crippen LogP contribution in [0.1, 0.15) is 56.6 Å². The SMILES string of the molecule is Cc1cnc(-c2cccc(C(=O)N(C)C)c2F)cc1-n1c(C)cc([C@@H]2CC2c2cncc(C#N)c2)c(Cl)c1=O. The minimum Gasteiger partial charge on any atom is -0.345 e. The second-order valence-electron chi connectivity index (χ2n) is 9.99. The van der Waals surface area contributed by atoms with Crippen molar-refractivity contribution in [3.8, 4) is 23.0 Å². The number of carbonyl (C=O) groups excluding carboxylic acids is 1. The van der Waals surface area contributed by atoms with Crippen molar-refractivity contribution in [2.45, 2.75) is 32.1 Å². The van der Waals surface area contributed by atoms with Gasteiger partial charge in [-0.1, -0.05) is 17.7 Å². The summed E-state index contributed by atoms with van der Waals surface area (Å²) in [5, 5.41) is 9.32. The van der Waals surface area contributed by atoms with Crippen LogP contribution in [0.15, 0.2) is 59.8 Å². The molecule has 196 valence electrons. The van der Waals surface area contributed by atoms with E-state index in [1.54, 1.807) is 44.7 Å². The minimum absolute atomic E-state index is 0.0504. The molecular formula is C30H25ClFN5O2. The first-order valence-electron chi connectivity index (χ1n) is 12.4. The van der Waals surface area contributed by atoms with Crippen molar-refractivity contribution < 1.29 is 9.18 Å². The van der Waals surface area contributed by atoms with Gasteiger partial charge in [-0.3, -0.25) is 24.1 Å². The quantitative estimate of drug-likeness (QED) is 0.330. The van der Waals surface area contributed by atoms with Crippen molar-refractivity contribution in [1.29, 1.82) is 5.26 Å². The van der Waals surface area contributed by atoms with Gasteiger partial charge in [-0.25, -0.2) is 4.39 Å². The van der Waals surface area contributed by atoms with Gasteiger partial charge in [-0.2, -0.15) is 5.26 Å². The number of pyridine rings is 3. The summed E-state index contributed by atoms with van der Waals surface area (Å²) < 4.78 is 16.9. The summed E-state index contributed by atoms with van der Waals surface area (Å²) in [5.41, 5.74) is 4.12. The molecule has 0 saturated heterocycles. The van der Waals surface area contributed by atoms with Gasteiger partial charge in [0.25, 0.3) is 11.5 Å². The van der Waals surface area contributed by atoms with Crippen molar-refractivity contribution in [3.05, 3.63) is 110 Å². The average molecular weight is 542 g/mol. The van der Waals surface area contributed by atoms with E-state index < -0.39 is 11.7 Å². The third-order valence-corrected chi connectivity index (χ3v) is 7.47. The normalized spacial score (nSPS) is 16.0. The Labute approximate surface area is 230 Å². The fraction of sp³-hybridized carbons (Fsp3) is 0.233. The number of carbonyl (C=O) groups is 1. The molecule has 3 heterocycles. The molecule has 0 bridgehead atoms. The maximum Gasteiger partial charge on any atom is 0.274 e. The molecule has 1 unspecified atom stereocenters. The lowest BCUT2D eigenvalue weighted by Gasteiger charge is -2.17. The van der Waals surface area contributed by atoms with Crippen molar-refractivity contribution >= 4 is 17.5 Å². The fourth-order valence-corrected chi connectivity index (χ4v) is 5.25. The summed E-state index contributed by atoms with van der Waals surface area (Å²) >= 11 is 6.67. The van der Waals surface area contributed by atoms with Crippen LogP contribution in [-0.2, 0) is 0 Å². The van der Waals surface area contributed by atoms with Crippen molar-refractivity contribution in [2.75, 3.05) is 14.1 Å². The first-order chi connectivity index (χ1) is 18.6. The van der Waals surface area contributed by atoms with Crippen LogP contribution >= 0.6 is 11.6 Å². The number of hydrogen-bond acceptors (Lipinski definition) is 5. The number of halogens is 2. The summed E-state index contributed by atoms with van der Waals surface area (Å²) in [6.45, 7) is 3.64. The zero-order chi connectivity index (χ0) is 28.0. The van der Waals surface area contributed by atoms with E-state index in [9.17, 15) is 14.9 Å². The molecular weight excluding hydrogens is 517 g/mol. The summed E-state index contributed by atoms with van der Waals surface area (Å²) in [6.07, 6.45) is 5.64.